The lowest BCUT2D eigenvalue weighted by Crippen LogP contribution is -2.32. The molecule has 1 aliphatic rings. The van der Waals surface area contributed by atoms with Crippen LogP contribution in [0.3, 0.4) is 0 Å². The van der Waals surface area contributed by atoms with Gasteiger partial charge in [0.25, 0.3) is 5.91 Å². The van der Waals surface area contributed by atoms with Crippen LogP contribution >= 0.6 is 0 Å². The SMILES string of the molecule is CC(C)C1=C(O)C(=O)N(CCCn2ccnc2)C1c1ccncc1. The fraction of sp³-hybridized carbons (Fsp3) is 0.389. The fourth-order valence-electron chi connectivity index (χ4n) is 3.24. The Balaban J connectivity index is 1.82. The molecule has 6 nitrogen and oxygen atoms in total. The highest BCUT2D eigenvalue weighted by molar-refractivity contribution is 5.95. The van der Waals surface area contributed by atoms with Gasteiger partial charge in [-0.3, -0.25) is 9.78 Å². The number of amides is 1. The molecule has 0 fully saturated rings. The molecule has 0 saturated carbocycles. The van der Waals surface area contributed by atoms with Crippen molar-refractivity contribution in [3.63, 3.8) is 0 Å². The van der Waals surface area contributed by atoms with Crippen LogP contribution in [0.25, 0.3) is 0 Å². The van der Waals surface area contributed by atoms with Crippen molar-refractivity contribution >= 4 is 5.91 Å². The Bertz CT molecular complexity index is 723. The van der Waals surface area contributed by atoms with Crippen molar-refractivity contribution in [3.8, 4) is 0 Å². The Morgan fingerprint density at radius 3 is 2.54 bits per heavy atom. The van der Waals surface area contributed by atoms with Gasteiger partial charge in [-0.2, -0.15) is 0 Å². The monoisotopic (exact) mass is 326 g/mol. The number of aliphatic hydroxyl groups excluding tert-OH is 1. The van der Waals surface area contributed by atoms with E-state index in [1.807, 2.05) is 36.7 Å². The maximum Gasteiger partial charge on any atom is 0.289 e. The standard InChI is InChI=1S/C18H22N4O2/c1-13(2)15-16(14-4-6-19-7-5-14)22(18(24)17(15)23)10-3-9-21-11-8-20-12-21/h4-8,11-13,16,23H,3,9-10H2,1-2H3. The molecule has 1 aliphatic heterocycles. The highest BCUT2D eigenvalue weighted by atomic mass is 16.3. The molecule has 3 heterocycles. The molecule has 0 spiro atoms. The largest absolute Gasteiger partial charge is 0.503 e. The first-order chi connectivity index (χ1) is 11.6. The van der Waals surface area contributed by atoms with E-state index in [1.54, 1.807) is 29.8 Å². The van der Waals surface area contributed by atoms with Gasteiger partial charge in [-0.25, -0.2) is 4.98 Å². The maximum absolute atomic E-state index is 12.6. The van der Waals surface area contributed by atoms with Crippen molar-refractivity contribution in [2.24, 2.45) is 5.92 Å². The summed E-state index contributed by atoms with van der Waals surface area (Å²) in [4.78, 5) is 22.4. The normalized spacial score (nSPS) is 18.0. The lowest BCUT2D eigenvalue weighted by atomic mass is 9.92. The van der Waals surface area contributed by atoms with Crippen molar-refractivity contribution < 1.29 is 9.90 Å². The number of carbonyl (C=O) groups is 1. The molecule has 6 heteroatoms. The summed E-state index contributed by atoms with van der Waals surface area (Å²) in [5.41, 5.74) is 1.77. The number of aliphatic hydroxyl groups is 1. The van der Waals surface area contributed by atoms with Gasteiger partial charge in [0.2, 0.25) is 0 Å². The lowest BCUT2D eigenvalue weighted by molar-refractivity contribution is -0.129. The first-order valence-electron chi connectivity index (χ1n) is 8.19. The van der Waals surface area contributed by atoms with E-state index >= 15 is 0 Å². The first-order valence-corrected chi connectivity index (χ1v) is 8.19. The Labute approximate surface area is 141 Å². The zero-order valence-electron chi connectivity index (χ0n) is 14.0. The minimum Gasteiger partial charge on any atom is -0.503 e. The lowest BCUT2D eigenvalue weighted by Gasteiger charge is -2.28. The van der Waals surface area contributed by atoms with E-state index in [0.29, 0.717) is 6.54 Å². The molecule has 1 amide bonds. The van der Waals surface area contributed by atoms with Gasteiger partial charge in [0.05, 0.1) is 12.4 Å². The quantitative estimate of drug-likeness (QED) is 0.886. The smallest absolute Gasteiger partial charge is 0.289 e. The van der Waals surface area contributed by atoms with Gasteiger partial charge in [-0.15, -0.1) is 0 Å². The number of aryl methyl sites for hydroxylation is 1. The second-order valence-corrected chi connectivity index (χ2v) is 6.29. The van der Waals surface area contributed by atoms with E-state index in [4.69, 9.17) is 0 Å². The number of imidazole rings is 1. The second-order valence-electron chi connectivity index (χ2n) is 6.29. The molecule has 0 aliphatic carbocycles. The van der Waals surface area contributed by atoms with Crippen molar-refractivity contribution in [1.82, 2.24) is 19.4 Å². The summed E-state index contributed by atoms with van der Waals surface area (Å²) in [7, 11) is 0. The van der Waals surface area contributed by atoms with Crippen LogP contribution in [0.4, 0.5) is 0 Å². The van der Waals surface area contributed by atoms with Crippen LogP contribution in [0, 0.1) is 5.92 Å². The molecule has 3 rings (SSSR count). The predicted octanol–water partition coefficient (Wildman–Crippen LogP) is 2.72. The number of pyridine rings is 1. The third-order valence-electron chi connectivity index (χ3n) is 4.36. The van der Waals surface area contributed by atoms with Crippen LogP contribution in [0.1, 0.15) is 31.9 Å². The minimum absolute atomic E-state index is 0.0887. The summed E-state index contributed by atoms with van der Waals surface area (Å²) in [6.07, 6.45) is 9.64. The predicted molar refractivity (Wildman–Crippen MR) is 90.0 cm³/mol. The highest BCUT2D eigenvalue weighted by Crippen LogP contribution is 2.40. The molecule has 1 atom stereocenters. The van der Waals surface area contributed by atoms with Gasteiger partial charge >= 0.3 is 0 Å². The topological polar surface area (TPSA) is 71.2 Å². The Morgan fingerprint density at radius 1 is 1.17 bits per heavy atom. The summed E-state index contributed by atoms with van der Waals surface area (Å²) in [5, 5.41) is 10.4. The summed E-state index contributed by atoms with van der Waals surface area (Å²) in [5.74, 6) is -0.300. The number of rotatable bonds is 6. The molecule has 1 N–H and O–H groups in total. The molecule has 0 saturated heterocycles. The molecule has 0 radical (unpaired) electrons. The van der Waals surface area contributed by atoms with Gasteiger partial charge in [-0.05, 0) is 30.0 Å². The van der Waals surface area contributed by atoms with Crippen LogP contribution < -0.4 is 0 Å². The highest BCUT2D eigenvalue weighted by Gasteiger charge is 2.40. The van der Waals surface area contributed by atoms with Gasteiger partial charge in [0.15, 0.2) is 5.76 Å². The van der Waals surface area contributed by atoms with E-state index in [-0.39, 0.29) is 23.6 Å². The number of carbonyl (C=O) groups excluding carboxylic acids is 1. The maximum atomic E-state index is 12.6. The van der Waals surface area contributed by atoms with Crippen LogP contribution in [0.2, 0.25) is 0 Å². The van der Waals surface area contributed by atoms with Gasteiger partial charge in [0, 0.05) is 43.4 Å². The van der Waals surface area contributed by atoms with Gasteiger partial charge in [-0.1, -0.05) is 13.8 Å². The van der Waals surface area contributed by atoms with E-state index in [2.05, 4.69) is 9.97 Å². The Morgan fingerprint density at radius 2 is 1.92 bits per heavy atom. The van der Waals surface area contributed by atoms with Crippen molar-refractivity contribution in [2.45, 2.75) is 32.9 Å². The van der Waals surface area contributed by atoms with E-state index < -0.39 is 0 Å². The van der Waals surface area contributed by atoms with Crippen LogP contribution in [-0.2, 0) is 11.3 Å². The van der Waals surface area contributed by atoms with E-state index in [9.17, 15) is 9.90 Å². The zero-order chi connectivity index (χ0) is 17.1. The molecular weight excluding hydrogens is 304 g/mol. The molecule has 126 valence electrons. The summed E-state index contributed by atoms with van der Waals surface area (Å²) in [6.45, 7) is 5.36. The number of aromatic nitrogens is 3. The fourth-order valence-corrected chi connectivity index (χ4v) is 3.24. The molecule has 0 bridgehead atoms. The molecular formula is C18H22N4O2. The van der Waals surface area contributed by atoms with E-state index in [1.165, 1.54) is 0 Å². The molecule has 1 unspecified atom stereocenters. The molecule has 24 heavy (non-hydrogen) atoms. The summed E-state index contributed by atoms with van der Waals surface area (Å²) < 4.78 is 1.98. The third kappa shape index (κ3) is 3.04. The number of hydrogen-bond donors (Lipinski definition) is 1. The average molecular weight is 326 g/mol. The van der Waals surface area contributed by atoms with Crippen LogP contribution in [0.5, 0.6) is 0 Å². The molecule has 2 aromatic rings. The minimum atomic E-state index is -0.286. The Kier molecular flexibility index (Phi) is 4.64. The van der Waals surface area contributed by atoms with Crippen molar-refractivity contribution in [2.75, 3.05) is 6.54 Å². The molecule has 2 aromatic heterocycles. The van der Waals surface area contributed by atoms with Crippen LogP contribution in [-0.4, -0.2) is 37.0 Å². The number of hydrogen-bond acceptors (Lipinski definition) is 4. The van der Waals surface area contributed by atoms with E-state index in [0.717, 1.165) is 24.1 Å². The Hall–Kier alpha value is -2.63. The summed E-state index contributed by atoms with van der Waals surface area (Å²) in [6, 6.07) is 3.59. The average Bonchev–Trinajstić information content (AvgIpc) is 3.17. The second kappa shape index (κ2) is 6.86. The van der Waals surface area contributed by atoms with Crippen LogP contribution in [0.15, 0.2) is 54.6 Å². The van der Waals surface area contributed by atoms with Crippen molar-refractivity contribution in [1.29, 1.82) is 0 Å². The van der Waals surface area contributed by atoms with Crippen molar-refractivity contribution in [3.05, 3.63) is 60.1 Å². The first kappa shape index (κ1) is 16.2. The number of nitrogens with zero attached hydrogens (tertiary/aromatic N) is 4. The zero-order valence-corrected chi connectivity index (χ0v) is 14.0. The van der Waals surface area contributed by atoms with Gasteiger partial charge < -0.3 is 14.6 Å². The third-order valence-corrected chi connectivity index (χ3v) is 4.36. The molecule has 0 aromatic carbocycles. The summed E-state index contributed by atoms with van der Waals surface area (Å²) >= 11 is 0. The van der Waals surface area contributed by atoms with Gasteiger partial charge in [0.1, 0.15) is 0 Å².